The smallest absolute Gasteiger partial charge is 0.255 e. The Kier molecular flexibility index (Phi) is 4.89. The average Bonchev–Trinajstić information content (AvgIpc) is 2.41. The van der Waals surface area contributed by atoms with Crippen LogP contribution >= 0.6 is 11.6 Å². The average molecular weight is 298 g/mol. The van der Waals surface area contributed by atoms with E-state index in [2.05, 4.69) is 5.32 Å². The van der Waals surface area contributed by atoms with Gasteiger partial charge in [0.05, 0.1) is 17.8 Å². The summed E-state index contributed by atoms with van der Waals surface area (Å²) in [6, 6.07) is 4.99. The Hall–Kier alpha value is -1.26. The second-order valence-electron chi connectivity index (χ2n) is 5.25. The zero-order valence-corrected chi connectivity index (χ0v) is 12.4. The molecule has 1 aromatic rings. The third-order valence-electron chi connectivity index (χ3n) is 3.51. The highest BCUT2D eigenvalue weighted by molar-refractivity contribution is 6.31. The number of amides is 1. The van der Waals surface area contributed by atoms with Gasteiger partial charge in [0, 0.05) is 11.6 Å². The molecule has 110 valence electrons. The predicted molar refractivity (Wildman–Crippen MR) is 78.4 cm³/mol. The van der Waals surface area contributed by atoms with Crippen molar-refractivity contribution in [3.05, 3.63) is 28.8 Å². The molecule has 2 N–H and O–H groups in total. The Labute approximate surface area is 124 Å². The first kappa shape index (κ1) is 15.1. The minimum absolute atomic E-state index is 0.265. The molecule has 0 saturated heterocycles. The third kappa shape index (κ3) is 3.64. The second kappa shape index (κ2) is 6.46. The SMILES string of the molecule is CCCOc1ccc(Cl)cc1C(=O)NCC1(O)CCC1. The Morgan fingerprint density at radius 2 is 2.25 bits per heavy atom. The van der Waals surface area contributed by atoms with Gasteiger partial charge in [-0.1, -0.05) is 18.5 Å². The molecule has 1 aliphatic rings. The van der Waals surface area contributed by atoms with Crippen LogP contribution < -0.4 is 10.1 Å². The minimum atomic E-state index is -0.737. The van der Waals surface area contributed by atoms with Crippen molar-refractivity contribution in [3.8, 4) is 5.75 Å². The molecule has 0 unspecified atom stereocenters. The van der Waals surface area contributed by atoms with Crippen LogP contribution in [-0.2, 0) is 0 Å². The molecule has 0 spiro atoms. The highest BCUT2D eigenvalue weighted by Crippen LogP contribution is 2.31. The minimum Gasteiger partial charge on any atom is -0.493 e. The van der Waals surface area contributed by atoms with E-state index in [1.165, 1.54) is 0 Å². The molecule has 1 amide bonds. The van der Waals surface area contributed by atoms with Crippen molar-refractivity contribution in [1.29, 1.82) is 0 Å². The monoisotopic (exact) mass is 297 g/mol. The number of hydrogen-bond acceptors (Lipinski definition) is 3. The number of ether oxygens (including phenoxy) is 1. The summed E-state index contributed by atoms with van der Waals surface area (Å²) in [6.45, 7) is 2.82. The molecule has 1 aliphatic carbocycles. The number of aliphatic hydroxyl groups is 1. The van der Waals surface area contributed by atoms with Crippen LogP contribution in [-0.4, -0.2) is 29.8 Å². The first-order valence-corrected chi connectivity index (χ1v) is 7.35. The second-order valence-corrected chi connectivity index (χ2v) is 5.69. The van der Waals surface area contributed by atoms with Crippen LogP contribution in [0.15, 0.2) is 18.2 Å². The van der Waals surface area contributed by atoms with Gasteiger partial charge >= 0.3 is 0 Å². The van der Waals surface area contributed by atoms with Crippen LogP contribution in [0.25, 0.3) is 0 Å². The Morgan fingerprint density at radius 1 is 1.50 bits per heavy atom. The van der Waals surface area contributed by atoms with Crippen molar-refractivity contribution in [2.24, 2.45) is 0 Å². The van der Waals surface area contributed by atoms with E-state index < -0.39 is 5.60 Å². The van der Waals surface area contributed by atoms with E-state index in [1.807, 2.05) is 6.92 Å². The summed E-state index contributed by atoms with van der Waals surface area (Å²) < 4.78 is 5.55. The number of rotatable bonds is 6. The predicted octanol–water partition coefficient (Wildman–Crippen LogP) is 2.77. The van der Waals surface area contributed by atoms with Gasteiger partial charge in [-0.2, -0.15) is 0 Å². The lowest BCUT2D eigenvalue weighted by Gasteiger charge is -2.36. The molecular weight excluding hydrogens is 278 g/mol. The lowest BCUT2D eigenvalue weighted by atomic mass is 9.80. The zero-order chi connectivity index (χ0) is 14.6. The van der Waals surface area contributed by atoms with Crippen LogP contribution in [0, 0.1) is 0 Å². The first-order valence-electron chi connectivity index (χ1n) is 6.97. The maximum Gasteiger partial charge on any atom is 0.255 e. The molecule has 2 rings (SSSR count). The quantitative estimate of drug-likeness (QED) is 0.849. The first-order chi connectivity index (χ1) is 9.54. The van der Waals surface area contributed by atoms with Gasteiger partial charge in [0.25, 0.3) is 5.91 Å². The molecule has 1 saturated carbocycles. The van der Waals surface area contributed by atoms with Crippen molar-refractivity contribution >= 4 is 17.5 Å². The summed E-state index contributed by atoms with van der Waals surface area (Å²) in [4.78, 5) is 12.2. The van der Waals surface area contributed by atoms with E-state index in [9.17, 15) is 9.90 Å². The maximum absolute atomic E-state index is 12.2. The fraction of sp³-hybridized carbons (Fsp3) is 0.533. The van der Waals surface area contributed by atoms with Gasteiger partial charge < -0.3 is 15.2 Å². The molecule has 4 nitrogen and oxygen atoms in total. The summed E-state index contributed by atoms with van der Waals surface area (Å²) >= 11 is 5.94. The molecule has 1 aromatic carbocycles. The van der Waals surface area contributed by atoms with Crippen LogP contribution in [0.2, 0.25) is 5.02 Å². The Morgan fingerprint density at radius 3 is 2.85 bits per heavy atom. The molecule has 0 bridgehead atoms. The highest BCUT2D eigenvalue weighted by atomic mass is 35.5. The molecule has 0 aromatic heterocycles. The lowest BCUT2D eigenvalue weighted by Crippen LogP contribution is -2.47. The third-order valence-corrected chi connectivity index (χ3v) is 3.75. The van der Waals surface area contributed by atoms with Gasteiger partial charge in [-0.15, -0.1) is 0 Å². The van der Waals surface area contributed by atoms with E-state index in [0.29, 0.717) is 22.9 Å². The summed E-state index contributed by atoms with van der Waals surface area (Å²) in [6.07, 6.45) is 3.35. The molecule has 0 heterocycles. The number of halogens is 1. The summed E-state index contributed by atoms with van der Waals surface area (Å²) in [5.74, 6) is 0.258. The summed E-state index contributed by atoms with van der Waals surface area (Å²) in [5.41, 5.74) is -0.326. The largest absolute Gasteiger partial charge is 0.493 e. The van der Waals surface area contributed by atoms with Gasteiger partial charge in [-0.3, -0.25) is 4.79 Å². The van der Waals surface area contributed by atoms with Crippen LogP contribution in [0.3, 0.4) is 0 Å². The Bertz CT molecular complexity index is 486. The van der Waals surface area contributed by atoms with Crippen LogP contribution in [0.5, 0.6) is 5.75 Å². The molecule has 0 atom stereocenters. The summed E-state index contributed by atoms with van der Waals surface area (Å²) in [5, 5.41) is 13.2. The number of carbonyl (C=O) groups excluding carboxylic acids is 1. The molecule has 0 aliphatic heterocycles. The van der Waals surface area contributed by atoms with Crippen molar-refractivity contribution in [3.63, 3.8) is 0 Å². The van der Waals surface area contributed by atoms with E-state index in [-0.39, 0.29) is 12.5 Å². The van der Waals surface area contributed by atoms with Crippen molar-refractivity contribution in [2.45, 2.75) is 38.2 Å². The van der Waals surface area contributed by atoms with Gasteiger partial charge in [0.1, 0.15) is 5.75 Å². The molecule has 5 heteroatoms. The van der Waals surface area contributed by atoms with Gasteiger partial charge in [-0.25, -0.2) is 0 Å². The number of carbonyl (C=O) groups is 1. The summed E-state index contributed by atoms with van der Waals surface area (Å²) in [7, 11) is 0. The van der Waals surface area contributed by atoms with Crippen molar-refractivity contribution in [1.82, 2.24) is 5.32 Å². The maximum atomic E-state index is 12.2. The standard InChI is InChI=1S/C15H20ClNO3/c1-2-8-20-13-5-4-11(16)9-12(13)14(18)17-10-15(19)6-3-7-15/h4-5,9,19H,2-3,6-8,10H2,1H3,(H,17,18). The number of benzene rings is 1. The normalized spacial score (nSPS) is 16.4. The molecule has 1 fully saturated rings. The molecule has 0 radical (unpaired) electrons. The van der Waals surface area contributed by atoms with Gasteiger partial charge in [0.15, 0.2) is 0 Å². The van der Waals surface area contributed by atoms with Crippen molar-refractivity contribution in [2.75, 3.05) is 13.2 Å². The fourth-order valence-electron chi connectivity index (χ4n) is 2.12. The van der Waals surface area contributed by atoms with Crippen molar-refractivity contribution < 1.29 is 14.6 Å². The van der Waals surface area contributed by atoms with Crippen LogP contribution in [0.4, 0.5) is 0 Å². The van der Waals surface area contributed by atoms with E-state index in [1.54, 1.807) is 18.2 Å². The van der Waals surface area contributed by atoms with Gasteiger partial charge in [-0.05, 0) is 43.9 Å². The number of nitrogens with one attached hydrogen (secondary N) is 1. The lowest BCUT2D eigenvalue weighted by molar-refractivity contribution is -0.0300. The zero-order valence-electron chi connectivity index (χ0n) is 11.6. The topological polar surface area (TPSA) is 58.6 Å². The molecule has 20 heavy (non-hydrogen) atoms. The van der Waals surface area contributed by atoms with E-state index >= 15 is 0 Å². The highest BCUT2D eigenvalue weighted by Gasteiger charge is 2.34. The number of hydrogen-bond donors (Lipinski definition) is 2. The fourth-order valence-corrected chi connectivity index (χ4v) is 2.29. The van der Waals surface area contributed by atoms with E-state index in [0.717, 1.165) is 25.7 Å². The van der Waals surface area contributed by atoms with Crippen LogP contribution in [0.1, 0.15) is 43.0 Å². The van der Waals surface area contributed by atoms with E-state index in [4.69, 9.17) is 16.3 Å². The van der Waals surface area contributed by atoms with Gasteiger partial charge in [0.2, 0.25) is 0 Å². The molecular formula is C15H20ClNO3. The Balaban J connectivity index is 2.04.